The minimum Gasteiger partial charge on any atom is -0.490 e. The van der Waals surface area contributed by atoms with Gasteiger partial charge in [-0.05, 0) is 55.0 Å². The van der Waals surface area contributed by atoms with Crippen LogP contribution < -0.4 is 25.5 Å². The Labute approximate surface area is 208 Å². The molecule has 3 amide bonds. The Balaban J connectivity index is 1.50. The number of hydrazone groups is 1. The minimum absolute atomic E-state index is 0.217. The molecule has 0 aliphatic carbocycles. The lowest BCUT2D eigenvalue weighted by Gasteiger charge is -2.11. The van der Waals surface area contributed by atoms with Gasteiger partial charge in [0.25, 0.3) is 5.91 Å². The molecule has 3 aromatic carbocycles. The van der Waals surface area contributed by atoms with Crippen molar-refractivity contribution >= 4 is 35.3 Å². The van der Waals surface area contributed by atoms with Gasteiger partial charge in [0, 0.05) is 16.9 Å². The van der Waals surface area contributed by atoms with Crippen LogP contribution >= 0.6 is 0 Å². The molecule has 0 saturated carbocycles. The molecule has 0 fully saturated rings. The molecule has 0 unspecified atom stereocenters. The minimum atomic E-state index is -0.950. The second-order valence-corrected chi connectivity index (χ2v) is 7.47. The molecule has 0 radical (unpaired) electrons. The molecule has 0 saturated heterocycles. The molecule has 3 N–H and O–H groups in total. The summed E-state index contributed by atoms with van der Waals surface area (Å²) in [5, 5.41) is 9.09. The Morgan fingerprint density at radius 3 is 2.36 bits per heavy atom. The molecule has 9 nitrogen and oxygen atoms in total. The van der Waals surface area contributed by atoms with Crippen molar-refractivity contribution < 1.29 is 23.9 Å². The van der Waals surface area contributed by atoms with Gasteiger partial charge < -0.3 is 20.1 Å². The van der Waals surface area contributed by atoms with Gasteiger partial charge in [-0.2, -0.15) is 5.10 Å². The smallest absolute Gasteiger partial charge is 0.329 e. The number of carbonyl (C=O) groups is 3. The standard InChI is InChI=1S/C27H26N4O5/c1-3-16-35-22-14-12-21(13-15-22)29-26(33)27(34)31-28-17-20-9-5-7-11-24(20)36-18-25(32)30-23-10-6-4-8-19(23)2/h3-15,17H,1,16,18H2,2H3,(H,29,33)(H,30,32)(H,31,34)/b28-17-. The molecule has 0 bridgehead atoms. The highest BCUT2D eigenvalue weighted by atomic mass is 16.5. The van der Waals surface area contributed by atoms with Gasteiger partial charge in [0.15, 0.2) is 6.61 Å². The second-order valence-electron chi connectivity index (χ2n) is 7.47. The van der Waals surface area contributed by atoms with Crippen LogP contribution in [0.25, 0.3) is 0 Å². The summed E-state index contributed by atoms with van der Waals surface area (Å²) in [7, 11) is 0. The third-order valence-corrected chi connectivity index (χ3v) is 4.75. The first-order chi connectivity index (χ1) is 17.5. The highest BCUT2D eigenvalue weighted by Gasteiger charge is 2.13. The summed E-state index contributed by atoms with van der Waals surface area (Å²) in [4.78, 5) is 36.5. The van der Waals surface area contributed by atoms with Gasteiger partial charge in [0.1, 0.15) is 18.1 Å². The number of ether oxygens (including phenoxy) is 2. The molecule has 0 aromatic heterocycles. The average molecular weight is 487 g/mol. The summed E-state index contributed by atoms with van der Waals surface area (Å²) >= 11 is 0. The second kappa shape index (κ2) is 13.1. The molecule has 3 aromatic rings. The van der Waals surface area contributed by atoms with E-state index in [-0.39, 0.29) is 12.5 Å². The maximum Gasteiger partial charge on any atom is 0.329 e. The third kappa shape index (κ3) is 7.84. The summed E-state index contributed by atoms with van der Waals surface area (Å²) in [6.45, 7) is 5.61. The molecule has 36 heavy (non-hydrogen) atoms. The topological polar surface area (TPSA) is 118 Å². The van der Waals surface area contributed by atoms with Crippen molar-refractivity contribution in [1.29, 1.82) is 0 Å². The predicted octanol–water partition coefficient (Wildman–Crippen LogP) is 3.67. The van der Waals surface area contributed by atoms with Crippen LogP contribution in [-0.2, 0) is 14.4 Å². The average Bonchev–Trinajstić information content (AvgIpc) is 2.89. The van der Waals surface area contributed by atoms with Crippen LogP contribution in [0.5, 0.6) is 11.5 Å². The summed E-state index contributed by atoms with van der Waals surface area (Å²) < 4.78 is 11.0. The van der Waals surface area contributed by atoms with Crippen molar-refractivity contribution in [2.75, 3.05) is 23.8 Å². The van der Waals surface area contributed by atoms with Crippen LogP contribution in [0, 0.1) is 6.92 Å². The lowest BCUT2D eigenvalue weighted by Crippen LogP contribution is -2.32. The quantitative estimate of drug-likeness (QED) is 0.175. The van der Waals surface area contributed by atoms with E-state index in [9.17, 15) is 14.4 Å². The number of para-hydroxylation sites is 2. The normalized spacial score (nSPS) is 10.4. The van der Waals surface area contributed by atoms with E-state index < -0.39 is 11.8 Å². The number of benzene rings is 3. The first-order valence-electron chi connectivity index (χ1n) is 11.0. The molecule has 184 valence electrons. The van der Waals surface area contributed by atoms with Crippen LogP contribution in [0.2, 0.25) is 0 Å². The van der Waals surface area contributed by atoms with Gasteiger partial charge in [-0.25, -0.2) is 5.43 Å². The number of rotatable bonds is 10. The highest BCUT2D eigenvalue weighted by Crippen LogP contribution is 2.17. The molecule has 0 heterocycles. The number of amides is 3. The zero-order valence-electron chi connectivity index (χ0n) is 19.7. The van der Waals surface area contributed by atoms with Gasteiger partial charge in [-0.3, -0.25) is 14.4 Å². The predicted molar refractivity (Wildman–Crippen MR) is 138 cm³/mol. The number of nitrogens with zero attached hydrogens (tertiary/aromatic N) is 1. The fraction of sp³-hybridized carbons (Fsp3) is 0.111. The van der Waals surface area contributed by atoms with E-state index in [1.54, 1.807) is 60.7 Å². The van der Waals surface area contributed by atoms with Crippen molar-refractivity contribution in [3.8, 4) is 11.5 Å². The largest absolute Gasteiger partial charge is 0.490 e. The Morgan fingerprint density at radius 1 is 0.889 bits per heavy atom. The summed E-state index contributed by atoms with van der Waals surface area (Å²) in [5.41, 5.74) is 4.75. The Kier molecular flexibility index (Phi) is 9.35. The summed E-state index contributed by atoms with van der Waals surface area (Å²) in [6, 6.07) is 20.8. The van der Waals surface area contributed by atoms with Crippen LogP contribution in [-0.4, -0.2) is 37.1 Å². The van der Waals surface area contributed by atoms with Gasteiger partial charge in [-0.15, -0.1) is 0 Å². The Hall–Kier alpha value is -4.92. The van der Waals surface area contributed by atoms with E-state index in [1.165, 1.54) is 6.21 Å². The molecular weight excluding hydrogens is 460 g/mol. The fourth-order valence-corrected chi connectivity index (χ4v) is 2.95. The van der Waals surface area contributed by atoms with Crippen LogP contribution in [0.15, 0.2) is 90.6 Å². The van der Waals surface area contributed by atoms with Crippen molar-refractivity contribution in [1.82, 2.24) is 5.43 Å². The molecular formula is C27H26N4O5. The molecule has 0 aliphatic rings. The van der Waals surface area contributed by atoms with Crippen molar-refractivity contribution in [3.05, 3.63) is 96.6 Å². The number of carbonyl (C=O) groups excluding carboxylic acids is 3. The Bertz CT molecular complexity index is 1260. The Morgan fingerprint density at radius 2 is 1.61 bits per heavy atom. The zero-order valence-corrected chi connectivity index (χ0v) is 19.7. The first kappa shape index (κ1) is 25.7. The van der Waals surface area contributed by atoms with E-state index in [0.717, 1.165) is 5.56 Å². The zero-order chi connectivity index (χ0) is 25.8. The first-order valence-corrected chi connectivity index (χ1v) is 11.0. The fourth-order valence-electron chi connectivity index (χ4n) is 2.95. The maximum atomic E-state index is 12.3. The van der Waals surface area contributed by atoms with Crippen LogP contribution in [0.4, 0.5) is 11.4 Å². The lowest BCUT2D eigenvalue weighted by molar-refractivity contribution is -0.136. The number of hydrogen-bond acceptors (Lipinski definition) is 6. The van der Waals surface area contributed by atoms with Gasteiger partial charge in [0.2, 0.25) is 0 Å². The van der Waals surface area contributed by atoms with E-state index in [0.29, 0.717) is 35.0 Å². The van der Waals surface area contributed by atoms with Crippen LogP contribution in [0.1, 0.15) is 11.1 Å². The van der Waals surface area contributed by atoms with E-state index in [2.05, 4.69) is 27.7 Å². The number of aryl methyl sites for hydroxylation is 1. The maximum absolute atomic E-state index is 12.3. The van der Waals surface area contributed by atoms with Gasteiger partial charge in [-0.1, -0.05) is 43.0 Å². The monoisotopic (exact) mass is 486 g/mol. The van der Waals surface area contributed by atoms with E-state index in [1.807, 2.05) is 25.1 Å². The van der Waals surface area contributed by atoms with Gasteiger partial charge >= 0.3 is 11.8 Å². The van der Waals surface area contributed by atoms with Crippen molar-refractivity contribution in [2.24, 2.45) is 5.10 Å². The molecule has 3 rings (SSSR count). The van der Waals surface area contributed by atoms with E-state index >= 15 is 0 Å². The number of hydrogen-bond donors (Lipinski definition) is 3. The van der Waals surface area contributed by atoms with Crippen molar-refractivity contribution in [3.63, 3.8) is 0 Å². The molecule has 0 spiro atoms. The lowest BCUT2D eigenvalue weighted by atomic mass is 10.2. The summed E-state index contributed by atoms with van der Waals surface area (Å²) in [5.74, 6) is -1.16. The van der Waals surface area contributed by atoms with Crippen molar-refractivity contribution in [2.45, 2.75) is 6.92 Å². The van der Waals surface area contributed by atoms with Crippen LogP contribution in [0.3, 0.4) is 0 Å². The molecule has 9 heteroatoms. The summed E-state index contributed by atoms with van der Waals surface area (Å²) in [6.07, 6.45) is 2.94. The highest BCUT2D eigenvalue weighted by molar-refractivity contribution is 6.39. The number of nitrogens with one attached hydrogen (secondary N) is 3. The third-order valence-electron chi connectivity index (χ3n) is 4.75. The SMILES string of the molecule is C=CCOc1ccc(NC(=O)C(=O)N/N=C\c2ccccc2OCC(=O)Nc2ccccc2C)cc1. The van der Waals surface area contributed by atoms with Gasteiger partial charge in [0.05, 0.1) is 6.21 Å². The molecule has 0 aliphatic heterocycles. The molecule has 0 atom stereocenters. The van der Waals surface area contributed by atoms with E-state index in [4.69, 9.17) is 9.47 Å². The number of anilines is 2.